The summed E-state index contributed by atoms with van der Waals surface area (Å²) >= 11 is 0. The van der Waals surface area contributed by atoms with Gasteiger partial charge in [-0.05, 0) is 59.2 Å². The quantitative estimate of drug-likeness (QED) is 0.148. The van der Waals surface area contributed by atoms with Crippen LogP contribution < -0.4 is 4.74 Å². The number of fused-ring (bicyclic) bond motifs is 1. The summed E-state index contributed by atoms with van der Waals surface area (Å²) in [4.78, 5) is 0. The number of ether oxygens (including phenoxy) is 1. The van der Waals surface area contributed by atoms with E-state index in [1.165, 1.54) is 18.2 Å². The molecule has 0 radical (unpaired) electrons. The standard InChI is InChI=1S/C29H20F6O/c1-2-3-4-9-36-21-15-27(34)29(28(35)16-21)20-13-23(30)22(24(31)14-20)8-6-17-5-7-18-11-25(32)26(33)12-19(18)10-17/h5,7,10-16H,2-4,9H2,1H3. The van der Waals surface area contributed by atoms with Crippen molar-refractivity contribution in [1.29, 1.82) is 0 Å². The predicted octanol–water partition coefficient (Wildman–Crippen LogP) is 8.31. The van der Waals surface area contributed by atoms with Gasteiger partial charge >= 0.3 is 0 Å². The van der Waals surface area contributed by atoms with Gasteiger partial charge in [0.2, 0.25) is 0 Å². The molecule has 0 aliphatic carbocycles. The Morgan fingerprint density at radius 3 is 1.92 bits per heavy atom. The van der Waals surface area contributed by atoms with Crippen molar-refractivity contribution in [3.05, 3.63) is 101 Å². The highest BCUT2D eigenvalue weighted by molar-refractivity contribution is 5.84. The van der Waals surface area contributed by atoms with Gasteiger partial charge in [-0.25, -0.2) is 26.3 Å². The van der Waals surface area contributed by atoms with Gasteiger partial charge in [-0.2, -0.15) is 0 Å². The lowest BCUT2D eigenvalue weighted by Gasteiger charge is -2.11. The predicted molar refractivity (Wildman–Crippen MR) is 127 cm³/mol. The fourth-order valence-corrected chi connectivity index (χ4v) is 3.74. The molecular formula is C29H20F6O. The van der Waals surface area contributed by atoms with Crippen molar-refractivity contribution in [2.75, 3.05) is 6.61 Å². The third-order valence-electron chi connectivity index (χ3n) is 5.57. The molecule has 0 amide bonds. The van der Waals surface area contributed by atoms with Crippen LogP contribution in [0.15, 0.2) is 54.6 Å². The number of unbranched alkanes of at least 4 members (excludes halogenated alkanes) is 2. The first-order chi connectivity index (χ1) is 17.3. The number of hydrogen-bond donors (Lipinski definition) is 0. The molecule has 0 bridgehead atoms. The lowest BCUT2D eigenvalue weighted by atomic mass is 10.0. The minimum absolute atomic E-state index is 0.00807. The van der Waals surface area contributed by atoms with E-state index in [-0.39, 0.29) is 11.3 Å². The third-order valence-corrected chi connectivity index (χ3v) is 5.57. The van der Waals surface area contributed by atoms with E-state index in [4.69, 9.17) is 4.74 Å². The molecule has 0 fully saturated rings. The first-order valence-electron chi connectivity index (χ1n) is 11.3. The highest BCUT2D eigenvalue weighted by atomic mass is 19.2. The molecule has 0 saturated heterocycles. The highest BCUT2D eigenvalue weighted by Crippen LogP contribution is 2.32. The van der Waals surface area contributed by atoms with Gasteiger partial charge in [0.25, 0.3) is 0 Å². The first kappa shape index (κ1) is 25.2. The van der Waals surface area contributed by atoms with Crippen molar-refractivity contribution < 1.29 is 31.1 Å². The first-order valence-corrected chi connectivity index (χ1v) is 11.3. The SMILES string of the molecule is CCCCCOc1cc(F)c(-c2cc(F)c(C#Cc3ccc4cc(F)c(F)cc4c3)c(F)c2)c(F)c1. The maximum atomic E-state index is 14.7. The summed E-state index contributed by atoms with van der Waals surface area (Å²) in [6.07, 6.45) is 2.61. The number of benzene rings is 4. The molecule has 1 nitrogen and oxygen atoms in total. The van der Waals surface area contributed by atoms with Crippen LogP contribution in [0.25, 0.3) is 21.9 Å². The topological polar surface area (TPSA) is 9.23 Å². The van der Waals surface area contributed by atoms with Gasteiger partial charge in [0.05, 0.1) is 17.7 Å². The van der Waals surface area contributed by atoms with Crippen molar-refractivity contribution in [3.63, 3.8) is 0 Å². The fourth-order valence-electron chi connectivity index (χ4n) is 3.74. The average molecular weight is 498 g/mol. The summed E-state index contributed by atoms with van der Waals surface area (Å²) in [5, 5.41) is 0.795. The van der Waals surface area contributed by atoms with Crippen molar-refractivity contribution in [2.24, 2.45) is 0 Å². The molecule has 184 valence electrons. The summed E-state index contributed by atoms with van der Waals surface area (Å²) < 4.78 is 91.0. The van der Waals surface area contributed by atoms with Crippen molar-refractivity contribution in [1.82, 2.24) is 0 Å². The van der Waals surface area contributed by atoms with Crippen molar-refractivity contribution in [3.8, 4) is 28.7 Å². The number of hydrogen-bond acceptors (Lipinski definition) is 1. The summed E-state index contributed by atoms with van der Waals surface area (Å²) in [7, 11) is 0. The zero-order valence-corrected chi connectivity index (χ0v) is 19.2. The Hall–Kier alpha value is -3.92. The van der Waals surface area contributed by atoms with Crippen LogP contribution in [0.4, 0.5) is 26.3 Å². The van der Waals surface area contributed by atoms with Gasteiger partial charge in [0.15, 0.2) is 11.6 Å². The van der Waals surface area contributed by atoms with E-state index in [1.807, 2.05) is 6.92 Å². The van der Waals surface area contributed by atoms with Crippen LogP contribution in [-0.4, -0.2) is 6.61 Å². The van der Waals surface area contributed by atoms with E-state index >= 15 is 0 Å². The van der Waals surface area contributed by atoms with Crippen LogP contribution in [0.3, 0.4) is 0 Å². The number of rotatable bonds is 6. The fraction of sp³-hybridized carbons (Fsp3) is 0.172. The highest BCUT2D eigenvalue weighted by Gasteiger charge is 2.18. The van der Waals surface area contributed by atoms with Crippen LogP contribution in [0.1, 0.15) is 37.3 Å². The van der Waals surface area contributed by atoms with E-state index in [2.05, 4.69) is 11.8 Å². The molecule has 0 heterocycles. The summed E-state index contributed by atoms with van der Waals surface area (Å²) in [6.45, 7) is 2.31. The van der Waals surface area contributed by atoms with E-state index in [0.29, 0.717) is 22.9 Å². The molecule has 0 unspecified atom stereocenters. The molecule has 4 aromatic rings. The summed E-state index contributed by atoms with van der Waals surface area (Å²) in [5.41, 5.74) is -1.20. The summed E-state index contributed by atoms with van der Waals surface area (Å²) in [6, 6.07) is 10.0. The molecule has 7 heteroatoms. The third kappa shape index (κ3) is 5.49. The van der Waals surface area contributed by atoms with Crippen LogP contribution in [0.2, 0.25) is 0 Å². The molecule has 0 N–H and O–H groups in total. The minimum atomic E-state index is -1.11. The van der Waals surface area contributed by atoms with Crippen molar-refractivity contribution >= 4 is 10.8 Å². The lowest BCUT2D eigenvalue weighted by Crippen LogP contribution is -2.00. The maximum Gasteiger partial charge on any atom is 0.159 e. The van der Waals surface area contributed by atoms with Gasteiger partial charge in [0, 0.05) is 17.7 Å². The smallest absolute Gasteiger partial charge is 0.159 e. The molecule has 0 saturated carbocycles. The second-order valence-corrected chi connectivity index (χ2v) is 8.21. The van der Waals surface area contributed by atoms with Gasteiger partial charge < -0.3 is 4.74 Å². The molecular weight excluding hydrogens is 478 g/mol. The van der Waals surface area contributed by atoms with E-state index in [0.717, 1.165) is 55.7 Å². The Morgan fingerprint density at radius 1 is 0.639 bits per heavy atom. The van der Waals surface area contributed by atoms with Gasteiger partial charge in [-0.15, -0.1) is 0 Å². The molecule has 4 aromatic carbocycles. The molecule has 4 rings (SSSR count). The average Bonchev–Trinajstić information content (AvgIpc) is 2.82. The monoisotopic (exact) mass is 498 g/mol. The molecule has 0 aromatic heterocycles. The van der Waals surface area contributed by atoms with Crippen LogP contribution >= 0.6 is 0 Å². The molecule has 0 aliphatic heterocycles. The second-order valence-electron chi connectivity index (χ2n) is 8.21. The van der Waals surface area contributed by atoms with E-state index in [1.54, 1.807) is 0 Å². The van der Waals surface area contributed by atoms with Gasteiger partial charge in [-0.3, -0.25) is 0 Å². The van der Waals surface area contributed by atoms with Crippen LogP contribution in [0.5, 0.6) is 5.75 Å². The Kier molecular flexibility index (Phi) is 7.54. The zero-order valence-electron chi connectivity index (χ0n) is 19.2. The van der Waals surface area contributed by atoms with Gasteiger partial charge in [0.1, 0.15) is 29.0 Å². The molecule has 0 spiro atoms. The van der Waals surface area contributed by atoms with Gasteiger partial charge in [-0.1, -0.05) is 37.7 Å². The Labute approximate surface area is 204 Å². The Morgan fingerprint density at radius 2 is 1.28 bits per heavy atom. The van der Waals surface area contributed by atoms with Crippen LogP contribution in [-0.2, 0) is 0 Å². The number of halogens is 6. The molecule has 0 aliphatic rings. The minimum Gasteiger partial charge on any atom is -0.493 e. The molecule has 0 atom stereocenters. The largest absolute Gasteiger partial charge is 0.493 e. The maximum absolute atomic E-state index is 14.7. The second kappa shape index (κ2) is 10.8. The zero-order chi connectivity index (χ0) is 25.8. The normalized spacial score (nSPS) is 10.9. The van der Waals surface area contributed by atoms with Crippen LogP contribution in [0, 0.1) is 46.7 Å². The van der Waals surface area contributed by atoms with E-state index < -0.39 is 46.0 Å². The van der Waals surface area contributed by atoms with E-state index in [9.17, 15) is 26.3 Å². The summed E-state index contributed by atoms with van der Waals surface area (Å²) in [5.74, 6) is -1.34. The molecule has 36 heavy (non-hydrogen) atoms. The Balaban J connectivity index is 1.62. The lowest BCUT2D eigenvalue weighted by molar-refractivity contribution is 0.303. The van der Waals surface area contributed by atoms with Crippen molar-refractivity contribution in [2.45, 2.75) is 26.2 Å². The Bertz CT molecular complexity index is 1450.